The van der Waals surface area contributed by atoms with Crippen LogP contribution < -0.4 is 10.5 Å². The van der Waals surface area contributed by atoms with Gasteiger partial charge < -0.3 is 10.3 Å². The van der Waals surface area contributed by atoms with Crippen molar-refractivity contribution < 1.29 is 8.42 Å². The number of aromatic nitrogens is 1. The first-order valence-electron chi connectivity index (χ1n) is 7.86. The van der Waals surface area contributed by atoms with Gasteiger partial charge in [0, 0.05) is 30.0 Å². The molecule has 3 N–H and O–H groups in total. The Morgan fingerprint density at radius 3 is 2.29 bits per heavy atom. The lowest BCUT2D eigenvalue weighted by molar-refractivity contribution is 0.341. The number of hydrogen-bond donors (Lipinski definition) is 2. The van der Waals surface area contributed by atoms with Crippen molar-refractivity contribution in [3.8, 4) is 0 Å². The first-order chi connectivity index (χ1) is 9.91. The van der Waals surface area contributed by atoms with Crippen LogP contribution in [0.5, 0.6) is 0 Å². The number of hydrogen-bond acceptors (Lipinski definition) is 3. The quantitative estimate of drug-likeness (QED) is 0.774. The molecule has 120 valence electrons. The van der Waals surface area contributed by atoms with Crippen LogP contribution in [0.1, 0.15) is 64.6 Å². The van der Waals surface area contributed by atoms with E-state index in [0.29, 0.717) is 17.5 Å². The molecule has 1 heterocycles. The van der Waals surface area contributed by atoms with Gasteiger partial charge in [-0.25, -0.2) is 13.1 Å². The average molecular weight is 313 g/mol. The summed E-state index contributed by atoms with van der Waals surface area (Å²) in [6, 6.07) is 2.15. The summed E-state index contributed by atoms with van der Waals surface area (Å²) in [6.45, 7) is 6.44. The summed E-state index contributed by atoms with van der Waals surface area (Å²) in [6.07, 6.45) is 6.31. The number of nitrogens with zero attached hydrogens (tertiary/aromatic N) is 1. The zero-order chi connectivity index (χ0) is 15.7. The van der Waals surface area contributed by atoms with Crippen molar-refractivity contribution in [2.75, 3.05) is 0 Å². The van der Waals surface area contributed by atoms with Crippen LogP contribution >= 0.6 is 0 Å². The van der Waals surface area contributed by atoms with Gasteiger partial charge >= 0.3 is 0 Å². The predicted octanol–water partition coefficient (Wildman–Crippen LogP) is 2.53. The first-order valence-corrected chi connectivity index (χ1v) is 9.34. The lowest BCUT2D eigenvalue weighted by Crippen LogP contribution is -2.46. The molecule has 0 atom stereocenters. The molecule has 0 radical (unpaired) electrons. The Kier molecular flexibility index (Phi) is 4.80. The van der Waals surface area contributed by atoms with Gasteiger partial charge in [-0.3, -0.25) is 0 Å². The highest BCUT2D eigenvalue weighted by Gasteiger charge is 2.33. The standard InChI is InChI=1S/C15H27N3O2S/c1-4-15(5-2,6-3)17-21(19,20)14-9-13(10-16)18(11-14)12-7-8-12/h9,11-12,17H,4-8,10,16H2,1-3H3. The third-order valence-electron chi connectivity index (χ3n) is 4.75. The minimum Gasteiger partial charge on any atom is -0.346 e. The third kappa shape index (κ3) is 3.33. The minimum absolute atomic E-state index is 0.342. The van der Waals surface area contributed by atoms with E-state index in [1.54, 1.807) is 12.3 Å². The maximum atomic E-state index is 12.7. The van der Waals surface area contributed by atoms with E-state index in [0.717, 1.165) is 37.8 Å². The second kappa shape index (κ2) is 6.10. The highest BCUT2D eigenvalue weighted by Crippen LogP contribution is 2.37. The topological polar surface area (TPSA) is 77.1 Å². The molecule has 1 saturated carbocycles. The van der Waals surface area contributed by atoms with Gasteiger partial charge in [-0.05, 0) is 38.2 Å². The largest absolute Gasteiger partial charge is 0.346 e. The fourth-order valence-corrected chi connectivity index (χ4v) is 4.47. The van der Waals surface area contributed by atoms with E-state index in [1.807, 2.05) is 25.3 Å². The van der Waals surface area contributed by atoms with Gasteiger partial charge in [0.25, 0.3) is 0 Å². The monoisotopic (exact) mass is 313 g/mol. The molecule has 6 heteroatoms. The molecule has 21 heavy (non-hydrogen) atoms. The van der Waals surface area contributed by atoms with Gasteiger partial charge in [0.2, 0.25) is 10.0 Å². The zero-order valence-electron chi connectivity index (χ0n) is 13.2. The molecule has 0 saturated heterocycles. The normalized spacial score (nSPS) is 16.4. The molecule has 1 aromatic rings. The summed E-state index contributed by atoms with van der Waals surface area (Å²) in [5, 5.41) is 0. The molecule has 0 bridgehead atoms. The van der Waals surface area contributed by atoms with E-state index in [4.69, 9.17) is 5.73 Å². The van der Waals surface area contributed by atoms with E-state index < -0.39 is 10.0 Å². The molecule has 0 amide bonds. The first kappa shape index (κ1) is 16.5. The van der Waals surface area contributed by atoms with Crippen LogP contribution in [0, 0.1) is 0 Å². The minimum atomic E-state index is -3.50. The molecule has 0 aliphatic heterocycles. The molecule has 2 rings (SSSR count). The lowest BCUT2D eigenvalue weighted by Gasteiger charge is -2.31. The fourth-order valence-electron chi connectivity index (χ4n) is 2.81. The second-order valence-electron chi connectivity index (χ2n) is 5.96. The van der Waals surface area contributed by atoms with Gasteiger partial charge in [-0.2, -0.15) is 0 Å². The summed E-state index contributed by atoms with van der Waals surface area (Å²) in [5.74, 6) is 0. The smallest absolute Gasteiger partial charge is 0.242 e. The van der Waals surface area contributed by atoms with Crippen LogP contribution in [0.15, 0.2) is 17.2 Å². The molecule has 1 aromatic heterocycles. The van der Waals surface area contributed by atoms with Crippen molar-refractivity contribution in [1.82, 2.24) is 9.29 Å². The van der Waals surface area contributed by atoms with Gasteiger partial charge in [0.05, 0.1) is 4.90 Å². The van der Waals surface area contributed by atoms with Crippen LogP contribution in [0.3, 0.4) is 0 Å². The van der Waals surface area contributed by atoms with E-state index in [9.17, 15) is 8.42 Å². The second-order valence-corrected chi connectivity index (χ2v) is 7.64. The molecule has 1 fully saturated rings. The van der Waals surface area contributed by atoms with Gasteiger partial charge in [0.1, 0.15) is 0 Å². The van der Waals surface area contributed by atoms with E-state index in [2.05, 4.69) is 4.72 Å². The number of rotatable bonds is 8. The summed E-state index contributed by atoms with van der Waals surface area (Å²) < 4.78 is 30.3. The van der Waals surface area contributed by atoms with Crippen molar-refractivity contribution in [2.24, 2.45) is 5.73 Å². The van der Waals surface area contributed by atoms with Crippen molar-refractivity contribution >= 4 is 10.0 Å². The summed E-state index contributed by atoms with van der Waals surface area (Å²) >= 11 is 0. The summed E-state index contributed by atoms with van der Waals surface area (Å²) in [5.41, 5.74) is 6.28. The summed E-state index contributed by atoms with van der Waals surface area (Å²) in [7, 11) is -3.50. The summed E-state index contributed by atoms with van der Waals surface area (Å²) in [4.78, 5) is 0.342. The highest BCUT2D eigenvalue weighted by molar-refractivity contribution is 7.89. The Morgan fingerprint density at radius 1 is 1.29 bits per heavy atom. The molecular formula is C15H27N3O2S. The van der Waals surface area contributed by atoms with Crippen molar-refractivity contribution in [3.05, 3.63) is 18.0 Å². The predicted molar refractivity (Wildman–Crippen MR) is 84.5 cm³/mol. The third-order valence-corrected chi connectivity index (χ3v) is 6.29. The Morgan fingerprint density at radius 2 is 1.86 bits per heavy atom. The highest BCUT2D eigenvalue weighted by atomic mass is 32.2. The van der Waals surface area contributed by atoms with Crippen LogP contribution in [0.2, 0.25) is 0 Å². The lowest BCUT2D eigenvalue weighted by atomic mass is 9.91. The average Bonchev–Trinajstić information content (AvgIpc) is 3.23. The van der Waals surface area contributed by atoms with Crippen molar-refractivity contribution in [1.29, 1.82) is 0 Å². The maximum absolute atomic E-state index is 12.7. The molecule has 5 nitrogen and oxygen atoms in total. The fraction of sp³-hybridized carbons (Fsp3) is 0.733. The SMILES string of the molecule is CCC(CC)(CC)NS(=O)(=O)c1cc(CN)n(C2CC2)c1. The Bertz CT molecular complexity index is 576. The van der Waals surface area contributed by atoms with Crippen LogP contribution in [0.4, 0.5) is 0 Å². The molecular weight excluding hydrogens is 286 g/mol. The van der Waals surface area contributed by atoms with E-state index >= 15 is 0 Å². The van der Waals surface area contributed by atoms with Crippen LogP contribution in [0.25, 0.3) is 0 Å². The molecule has 0 unspecified atom stereocenters. The van der Waals surface area contributed by atoms with E-state index in [1.165, 1.54) is 0 Å². The number of nitrogens with one attached hydrogen (secondary N) is 1. The molecule has 0 spiro atoms. The molecule has 1 aliphatic rings. The maximum Gasteiger partial charge on any atom is 0.242 e. The number of nitrogens with two attached hydrogens (primary N) is 1. The number of sulfonamides is 1. The van der Waals surface area contributed by atoms with E-state index in [-0.39, 0.29) is 5.54 Å². The van der Waals surface area contributed by atoms with Gasteiger partial charge in [0.15, 0.2) is 0 Å². The molecule has 1 aliphatic carbocycles. The Labute approximate surface area is 128 Å². The van der Waals surface area contributed by atoms with Crippen LogP contribution in [-0.2, 0) is 16.6 Å². The van der Waals surface area contributed by atoms with Gasteiger partial charge in [-0.1, -0.05) is 20.8 Å². The molecule has 0 aromatic carbocycles. The van der Waals surface area contributed by atoms with Crippen LogP contribution in [-0.4, -0.2) is 18.5 Å². The Balaban J connectivity index is 2.31. The zero-order valence-corrected chi connectivity index (χ0v) is 14.0. The van der Waals surface area contributed by atoms with Crippen molar-refractivity contribution in [3.63, 3.8) is 0 Å². The Hall–Kier alpha value is -0.850. The van der Waals surface area contributed by atoms with Gasteiger partial charge in [-0.15, -0.1) is 0 Å². The van der Waals surface area contributed by atoms with Crippen molar-refractivity contribution in [2.45, 2.75) is 75.9 Å².